The largest absolute Gasteiger partial charge is 0.467 e. The average Bonchev–Trinajstić information content (AvgIpc) is 3.31. The number of rotatable bonds is 6. The molecule has 4 bridgehead atoms. The lowest BCUT2D eigenvalue weighted by Gasteiger charge is -2.60. The Hall–Kier alpha value is -2.50. The first-order valence-corrected chi connectivity index (χ1v) is 11.0. The summed E-state index contributed by atoms with van der Waals surface area (Å²) in [5.41, 5.74) is 0.250. The van der Waals surface area contributed by atoms with E-state index in [0.29, 0.717) is 41.4 Å². The molecule has 6 nitrogen and oxygen atoms in total. The topological polar surface area (TPSA) is 72.9 Å². The van der Waals surface area contributed by atoms with Crippen LogP contribution >= 0.6 is 0 Å². The lowest BCUT2D eigenvalue weighted by molar-refractivity contribution is -0.156. The van der Waals surface area contributed by atoms with Crippen LogP contribution in [0.5, 0.6) is 0 Å². The van der Waals surface area contributed by atoms with Crippen LogP contribution in [0.1, 0.15) is 66.2 Å². The van der Waals surface area contributed by atoms with Gasteiger partial charge in [0.2, 0.25) is 0 Å². The molecule has 0 N–H and O–H groups in total. The summed E-state index contributed by atoms with van der Waals surface area (Å²) >= 11 is 0. The van der Waals surface area contributed by atoms with E-state index in [1.807, 2.05) is 17.0 Å². The number of ether oxygens (including phenoxy) is 1. The van der Waals surface area contributed by atoms with E-state index in [1.165, 1.54) is 19.3 Å². The highest BCUT2D eigenvalue weighted by atomic mass is 16.5. The standard InChI is InChI=1S/C24H29NO5/c1-15-6-21(16(2)30-15)23(27)29-14-22(26)25(13-20-4-3-5-28-20)24-10-17-7-18(11-24)9-19(8-17)12-24/h3-6,17-19H,7-14H2,1-2H3. The Labute approximate surface area is 176 Å². The highest BCUT2D eigenvalue weighted by Crippen LogP contribution is 2.58. The fourth-order valence-electron chi connectivity index (χ4n) is 6.59. The minimum Gasteiger partial charge on any atom is -0.467 e. The molecule has 4 aliphatic carbocycles. The van der Waals surface area contributed by atoms with Crippen LogP contribution in [-0.4, -0.2) is 28.9 Å². The molecule has 2 heterocycles. The number of nitrogens with zero attached hydrogens (tertiary/aromatic N) is 1. The number of hydrogen-bond donors (Lipinski definition) is 0. The van der Waals surface area contributed by atoms with Crippen molar-refractivity contribution in [1.82, 2.24) is 4.90 Å². The van der Waals surface area contributed by atoms with Gasteiger partial charge in [-0.1, -0.05) is 0 Å². The third-order valence-corrected chi connectivity index (χ3v) is 7.36. The summed E-state index contributed by atoms with van der Waals surface area (Å²) in [6.07, 6.45) is 8.71. The fourth-order valence-corrected chi connectivity index (χ4v) is 6.59. The zero-order valence-corrected chi connectivity index (χ0v) is 17.7. The second-order valence-electron chi connectivity index (χ2n) is 9.60. The van der Waals surface area contributed by atoms with Gasteiger partial charge in [0.05, 0.1) is 12.8 Å². The third-order valence-electron chi connectivity index (χ3n) is 7.36. The molecule has 6 rings (SSSR count). The second kappa shape index (κ2) is 7.33. The first-order chi connectivity index (χ1) is 14.4. The molecule has 30 heavy (non-hydrogen) atoms. The van der Waals surface area contributed by atoms with Crippen molar-refractivity contribution in [1.29, 1.82) is 0 Å². The molecule has 6 heteroatoms. The first-order valence-electron chi connectivity index (χ1n) is 11.0. The molecule has 0 saturated heterocycles. The quantitative estimate of drug-likeness (QED) is 0.647. The van der Waals surface area contributed by atoms with Crippen molar-refractivity contribution >= 4 is 11.9 Å². The maximum atomic E-state index is 13.4. The van der Waals surface area contributed by atoms with Gasteiger partial charge in [0, 0.05) is 5.54 Å². The van der Waals surface area contributed by atoms with Gasteiger partial charge in [-0.25, -0.2) is 4.79 Å². The van der Waals surface area contributed by atoms with Crippen molar-refractivity contribution < 1.29 is 23.2 Å². The first kappa shape index (κ1) is 19.5. The van der Waals surface area contributed by atoms with Crippen molar-refractivity contribution in [2.75, 3.05) is 6.61 Å². The Balaban J connectivity index is 1.35. The zero-order valence-electron chi connectivity index (χ0n) is 17.7. The summed E-state index contributed by atoms with van der Waals surface area (Å²) in [5.74, 6) is 3.41. The Morgan fingerprint density at radius 3 is 2.33 bits per heavy atom. The molecule has 4 aliphatic rings. The molecule has 0 aliphatic heterocycles. The molecule has 2 aromatic rings. The van der Waals surface area contributed by atoms with Gasteiger partial charge in [-0.05, 0) is 88.3 Å². The van der Waals surface area contributed by atoms with E-state index in [9.17, 15) is 9.59 Å². The van der Waals surface area contributed by atoms with Crippen molar-refractivity contribution in [3.05, 3.63) is 47.3 Å². The van der Waals surface area contributed by atoms with Crippen LogP contribution in [0.2, 0.25) is 0 Å². The molecular formula is C24H29NO5. The summed E-state index contributed by atoms with van der Waals surface area (Å²) in [6, 6.07) is 5.41. The SMILES string of the molecule is Cc1cc(C(=O)OCC(=O)N(Cc2ccco2)C23CC4CC(CC(C4)C2)C3)c(C)o1. The Morgan fingerprint density at radius 1 is 1.13 bits per heavy atom. The molecule has 0 atom stereocenters. The van der Waals surface area contributed by atoms with E-state index in [2.05, 4.69) is 0 Å². The molecular weight excluding hydrogens is 382 g/mol. The normalized spacial score (nSPS) is 29.2. The van der Waals surface area contributed by atoms with E-state index in [0.717, 1.165) is 25.0 Å². The molecule has 0 unspecified atom stereocenters. The zero-order chi connectivity index (χ0) is 20.9. The monoisotopic (exact) mass is 411 g/mol. The summed E-state index contributed by atoms with van der Waals surface area (Å²) in [6.45, 7) is 3.68. The molecule has 0 aromatic carbocycles. The summed E-state index contributed by atoms with van der Waals surface area (Å²) < 4.78 is 16.4. The summed E-state index contributed by atoms with van der Waals surface area (Å²) in [5, 5.41) is 0. The van der Waals surface area contributed by atoms with Crippen molar-refractivity contribution in [2.24, 2.45) is 17.8 Å². The van der Waals surface area contributed by atoms with Gasteiger partial charge >= 0.3 is 5.97 Å². The van der Waals surface area contributed by atoms with E-state index < -0.39 is 5.97 Å². The van der Waals surface area contributed by atoms with Crippen molar-refractivity contribution in [3.63, 3.8) is 0 Å². The smallest absolute Gasteiger partial charge is 0.342 e. The number of esters is 1. The molecule has 4 fully saturated rings. The molecule has 0 spiro atoms. The minimum absolute atomic E-state index is 0.132. The lowest BCUT2D eigenvalue weighted by atomic mass is 9.52. The maximum absolute atomic E-state index is 13.4. The van der Waals surface area contributed by atoms with Gasteiger partial charge in [-0.15, -0.1) is 0 Å². The number of carbonyl (C=O) groups is 2. The molecule has 4 saturated carbocycles. The lowest BCUT2D eigenvalue weighted by Crippen LogP contribution is -2.61. The highest BCUT2D eigenvalue weighted by molar-refractivity contribution is 5.92. The van der Waals surface area contributed by atoms with Crippen LogP contribution in [0.25, 0.3) is 0 Å². The van der Waals surface area contributed by atoms with Crippen LogP contribution in [0, 0.1) is 31.6 Å². The average molecular weight is 411 g/mol. The Morgan fingerprint density at radius 2 is 1.80 bits per heavy atom. The number of hydrogen-bond acceptors (Lipinski definition) is 5. The van der Waals surface area contributed by atoms with Gasteiger partial charge in [0.25, 0.3) is 5.91 Å². The fraction of sp³-hybridized carbons (Fsp3) is 0.583. The Bertz CT molecular complexity index is 906. The van der Waals surface area contributed by atoms with Crippen LogP contribution in [-0.2, 0) is 16.1 Å². The third kappa shape index (κ3) is 3.46. The molecule has 0 radical (unpaired) electrons. The molecule has 160 valence electrons. The second-order valence-corrected chi connectivity index (χ2v) is 9.60. The van der Waals surface area contributed by atoms with Crippen LogP contribution in [0.4, 0.5) is 0 Å². The minimum atomic E-state index is -0.513. The van der Waals surface area contributed by atoms with Gasteiger partial charge in [0.1, 0.15) is 22.8 Å². The maximum Gasteiger partial charge on any atom is 0.342 e. The number of amides is 1. The van der Waals surface area contributed by atoms with E-state index >= 15 is 0 Å². The van der Waals surface area contributed by atoms with E-state index in [1.54, 1.807) is 26.2 Å². The van der Waals surface area contributed by atoms with E-state index in [4.69, 9.17) is 13.6 Å². The van der Waals surface area contributed by atoms with Crippen molar-refractivity contribution in [3.8, 4) is 0 Å². The number of carbonyl (C=O) groups excluding carboxylic acids is 2. The predicted molar refractivity (Wildman–Crippen MR) is 109 cm³/mol. The van der Waals surface area contributed by atoms with Gasteiger partial charge in [0.15, 0.2) is 6.61 Å². The predicted octanol–water partition coefficient (Wildman–Crippen LogP) is 4.64. The van der Waals surface area contributed by atoms with Crippen LogP contribution in [0.3, 0.4) is 0 Å². The molecule has 1 amide bonds. The highest BCUT2D eigenvalue weighted by Gasteiger charge is 2.54. The van der Waals surface area contributed by atoms with Gasteiger partial charge < -0.3 is 18.5 Å². The summed E-state index contributed by atoms with van der Waals surface area (Å²) in [4.78, 5) is 27.9. The summed E-state index contributed by atoms with van der Waals surface area (Å²) in [7, 11) is 0. The van der Waals surface area contributed by atoms with E-state index in [-0.39, 0.29) is 18.1 Å². The van der Waals surface area contributed by atoms with Crippen molar-refractivity contribution in [2.45, 2.75) is 64.5 Å². The number of aryl methyl sites for hydroxylation is 2. The molecule has 2 aromatic heterocycles. The van der Waals surface area contributed by atoms with Gasteiger partial charge in [-0.2, -0.15) is 0 Å². The Kier molecular flexibility index (Phi) is 4.75. The van der Waals surface area contributed by atoms with Crippen LogP contribution < -0.4 is 0 Å². The van der Waals surface area contributed by atoms with Crippen LogP contribution in [0.15, 0.2) is 33.3 Å². The number of furan rings is 2. The van der Waals surface area contributed by atoms with Gasteiger partial charge in [-0.3, -0.25) is 4.79 Å².